The zero-order valence-corrected chi connectivity index (χ0v) is 18.0. The van der Waals surface area contributed by atoms with Crippen molar-refractivity contribution in [3.05, 3.63) is 94.5 Å². The molecule has 7 heteroatoms. The molecule has 0 unspecified atom stereocenters. The summed E-state index contributed by atoms with van der Waals surface area (Å²) in [7, 11) is 1.51. The van der Waals surface area contributed by atoms with Crippen LogP contribution in [0.25, 0.3) is 0 Å². The molecule has 3 rings (SSSR count). The van der Waals surface area contributed by atoms with Crippen molar-refractivity contribution in [2.75, 3.05) is 13.7 Å². The Hall–Kier alpha value is -3.35. The predicted molar refractivity (Wildman–Crippen MR) is 121 cm³/mol. The molecule has 0 bridgehead atoms. The number of nitrogens with one attached hydrogen (secondary N) is 1. The molecule has 0 aliphatic heterocycles. The van der Waals surface area contributed by atoms with Crippen LogP contribution in [-0.4, -0.2) is 30.9 Å². The van der Waals surface area contributed by atoms with Gasteiger partial charge in [-0.2, -0.15) is 5.10 Å². The Morgan fingerprint density at radius 3 is 2.19 bits per heavy atom. The number of hydrogen-bond acceptors (Lipinski definition) is 5. The number of carbonyl (C=O) groups is 1. The molecule has 0 saturated heterocycles. The summed E-state index contributed by atoms with van der Waals surface area (Å²) in [6.07, 6.45) is 1.42. The number of hydrogen-bond donors (Lipinski definition) is 2. The van der Waals surface area contributed by atoms with Gasteiger partial charge in [0.15, 0.2) is 17.1 Å². The van der Waals surface area contributed by atoms with E-state index in [9.17, 15) is 9.90 Å². The highest BCUT2D eigenvalue weighted by atomic mass is 35.5. The third-order valence-corrected chi connectivity index (χ3v) is 4.91. The van der Waals surface area contributed by atoms with Gasteiger partial charge in [-0.3, -0.25) is 4.79 Å². The summed E-state index contributed by atoms with van der Waals surface area (Å²) in [5.74, 6) is 0.202. The topological polar surface area (TPSA) is 80.2 Å². The monoisotopic (exact) mass is 438 g/mol. The summed E-state index contributed by atoms with van der Waals surface area (Å²) >= 11 is 6.27. The van der Waals surface area contributed by atoms with E-state index in [2.05, 4.69) is 10.5 Å². The number of amides is 1. The number of methoxy groups -OCH3 is 1. The molecule has 31 heavy (non-hydrogen) atoms. The summed E-state index contributed by atoms with van der Waals surface area (Å²) in [6.45, 7) is 2.29. The van der Waals surface area contributed by atoms with Crippen LogP contribution in [0.2, 0.25) is 5.02 Å². The van der Waals surface area contributed by atoms with Gasteiger partial charge in [0.1, 0.15) is 0 Å². The Morgan fingerprint density at radius 1 is 1.10 bits per heavy atom. The average molecular weight is 439 g/mol. The first-order chi connectivity index (χ1) is 15.0. The van der Waals surface area contributed by atoms with E-state index in [0.29, 0.717) is 39.8 Å². The molecule has 6 nitrogen and oxygen atoms in total. The lowest BCUT2D eigenvalue weighted by Crippen LogP contribution is -2.43. The third kappa shape index (κ3) is 4.87. The van der Waals surface area contributed by atoms with Crippen molar-refractivity contribution >= 4 is 23.7 Å². The van der Waals surface area contributed by atoms with Crippen LogP contribution in [0.3, 0.4) is 0 Å². The van der Waals surface area contributed by atoms with Crippen molar-refractivity contribution in [2.24, 2.45) is 5.10 Å². The van der Waals surface area contributed by atoms with E-state index in [1.54, 1.807) is 60.7 Å². The molecule has 0 heterocycles. The van der Waals surface area contributed by atoms with Gasteiger partial charge in [0.25, 0.3) is 5.91 Å². The Bertz CT molecular complexity index is 1020. The smallest absolute Gasteiger partial charge is 0.281 e. The highest BCUT2D eigenvalue weighted by molar-refractivity contribution is 6.32. The number of nitrogens with zero attached hydrogens (tertiary/aromatic N) is 1. The SMILES string of the molecule is CCOc1c(Cl)cc(/C=N\NC(=O)C(O)(c2ccccc2)c2ccccc2)cc1OC. The number of halogens is 1. The summed E-state index contributed by atoms with van der Waals surface area (Å²) in [6, 6.07) is 20.7. The van der Waals surface area contributed by atoms with Gasteiger partial charge in [-0.15, -0.1) is 0 Å². The lowest BCUT2D eigenvalue weighted by molar-refractivity contribution is -0.136. The van der Waals surface area contributed by atoms with Gasteiger partial charge in [0, 0.05) is 0 Å². The average Bonchev–Trinajstić information content (AvgIpc) is 2.81. The van der Waals surface area contributed by atoms with Crippen LogP contribution < -0.4 is 14.9 Å². The minimum Gasteiger partial charge on any atom is -0.493 e. The largest absolute Gasteiger partial charge is 0.493 e. The van der Waals surface area contributed by atoms with Gasteiger partial charge in [-0.05, 0) is 35.7 Å². The van der Waals surface area contributed by atoms with Crippen molar-refractivity contribution in [1.29, 1.82) is 0 Å². The molecule has 0 fully saturated rings. The molecule has 0 aliphatic carbocycles. The van der Waals surface area contributed by atoms with Crippen LogP contribution in [0.15, 0.2) is 77.9 Å². The molecule has 0 saturated carbocycles. The minimum atomic E-state index is -1.91. The first kappa shape index (κ1) is 22.3. The Morgan fingerprint density at radius 2 is 1.68 bits per heavy atom. The second kappa shape index (κ2) is 10.1. The molecular formula is C24H23ClN2O4. The molecule has 0 spiro atoms. The van der Waals surface area contributed by atoms with E-state index in [-0.39, 0.29) is 0 Å². The maximum atomic E-state index is 13.0. The van der Waals surface area contributed by atoms with Gasteiger partial charge in [-0.25, -0.2) is 5.43 Å². The van der Waals surface area contributed by atoms with Gasteiger partial charge >= 0.3 is 0 Å². The highest BCUT2D eigenvalue weighted by Gasteiger charge is 2.39. The van der Waals surface area contributed by atoms with Gasteiger partial charge < -0.3 is 14.6 Å². The molecule has 1 amide bonds. The molecule has 2 N–H and O–H groups in total. The zero-order valence-electron chi connectivity index (χ0n) is 17.2. The minimum absolute atomic E-state index is 0.360. The van der Waals surface area contributed by atoms with Crippen molar-refractivity contribution < 1.29 is 19.4 Å². The molecular weight excluding hydrogens is 416 g/mol. The van der Waals surface area contributed by atoms with E-state index in [0.717, 1.165) is 0 Å². The first-order valence-electron chi connectivity index (χ1n) is 9.68. The number of rotatable bonds is 8. The van der Waals surface area contributed by atoms with Crippen LogP contribution >= 0.6 is 11.6 Å². The zero-order chi connectivity index (χ0) is 22.3. The third-order valence-electron chi connectivity index (χ3n) is 4.63. The van der Waals surface area contributed by atoms with Crippen LogP contribution in [0.1, 0.15) is 23.6 Å². The van der Waals surface area contributed by atoms with E-state index < -0.39 is 11.5 Å². The van der Waals surface area contributed by atoms with Crippen molar-refractivity contribution in [3.8, 4) is 11.5 Å². The fourth-order valence-corrected chi connectivity index (χ4v) is 3.41. The van der Waals surface area contributed by atoms with Crippen LogP contribution in [0.4, 0.5) is 0 Å². The molecule has 0 radical (unpaired) electrons. The van der Waals surface area contributed by atoms with Crippen LogP contribution in [0.5, 0.6) is 11.5 Å². The maximum absolute atomic E-state index is 13.0. The number of aliphatic hydroxyl groups is 1. The van der Waals surface area contributed by atoms with E-state index in [1.165, 1.54) is 13.3 Å². The van der Waals surface area contributed by atoms with Crippen molar-refractivity contribution in [2.45, 2.75) is 12.5 Å². The van der Waals surface area contributed by atoms with Crippen molar-refractivity contribution in [1.82, 2.24) is 5.43 Å². The standard InChI is InChI=1S/C24H23ClN2O4/c1-3-31-22-20(25)14-17(15-21(22)30-2)16-26-27-23(28)24(29,18-10-6-4-7-11-18)19-12-8-5-9-13-19/h4-16,29H,3H2,1-2H3,(H,27,28)/b26-16-. The summed E-state index contributed by atoms with van der Waals surface area (Å²) < 4.78 is 10.8. The van der Waals surface area contributed by atoms with Crippen LogP contribution in [0, 0.1) is 0 Å². The Balaban J connectivity index is 1.87. The Kier molecular flexibility index (Phi) is 7.28. The fourth-order valence-electron chi connectivity index (χ4n) is 3.13. The lowest BCUT2D eigenvalue weighted by atomic mass is 9.85. The molecule has 0 aromatic heterocycles. The number of benzene rings is 3. The van der Waals surface area contributed by atoms with Gasteiger partial charge in [-0.1, -0.05) is 72.3 Å². The van der Waals surface area contributed by atoms with E-state index >= 15 is 0 Å². The quantitative estimate of drug-likeness (QED) is 0.409. The first-order valence-corrected chi connectivity index (χ1v) is 10.1. The highest BCUT2D eigenvalue weighted by Crippen LogP contribution is 2.36. The normalized spacial score (nSPS) is 11.4. The van der Waals surface area contributed by atoms with Crippen molar-refractivity contribution in [3.63, 3.8) is 0 Å². The molecule has 160 valence electrons. The fraction of sp³-hybridized carbons (Fsp3) is 0.167. The molecule has 3 aromatic rings. The van der Waals surface area contributed by atoms with Gasteiger partial charge in [0.05, 0.1) is 25.0 Å². The number of hydrazone groups is 1. The maximum Gasteiger partial charge on any atom is 0.281 e. The molecule has 0 atom stereocenters. The number of carbonyl (C=O) groups excluding carboxylic acids is 1. The summed E-state index contributed by atoms with van der Waals surface area (Å²) in [5.41, 5.74) is 1.97. The number of ether oxygens (including phenoxy) is 2. The second-order valence-corrected chi connectivity index (χ2v) is 7.02. The van der Waals surface area contributed by atoms with Crippen LogP contribution in [-0.2, 0) is 10.4 Å². The van der Waals surface area contributed by atoms with Gasteiger partial charge in [0.2, 0.25) is 0 Å². The summed E-state index contributed by atoms with van der Waals surface area (Å²) in [5, 5.41) is 15.8. The lowest BCUT2D eigenvalue weighted by Gasteiger charge is -2.27. The molecule has 0 aliphatic rings. The predicted octanol–water partition coefficient (Wildman–Crippen LogP) is 4.13. The van der Waals surface area contributed by atoms with E-state index in [4.69, 9.17) is 21.1 Å². The Labute approximate surface area is 186 Å². The summed E-state index contributed by atoms with van der Waals surface area (Å²) in [4.78, 5) is 13.0. The van der Waals surface area contributed by atoms with E-state index in [1.807, 2.05) is 19.1 Å². The molecule has 3 aromatic carbocycles. The second-order valence-electron chi connectivity index (χ2n) is 6.61.